The number of esters is 1. The Balaban J connectivity index is 4.21. The number of carbonyl (C=O) groups is 2. The van der Waals surface area contributed by atoms with E-state index >= 15 is 0 Å². The van der Waals surface area contributed by atoms with Crippen molar-refractivity contribution in [1.29, 1.82) is 0 Å². The van der Waals surface area contributed by atoms with Crippen LogP contribution in [0.5, 0.6) is 0 Å². The van der Waals surface area contributed by atoms with E-state index in [2.05, 4.69) is 20.8 Å². The Morgan fingerprint density at radius 3 is 2.18 bits per heavy atom. The Bertz CT molecular complexity index is 313. The van der Waals surface area contributed by atoms with Crippen LogP contribution in [0.4, 0.5) is 0 Å². The molecule has 0 N–H and O–H groups in total. The Labute approximate surface area is 136 Å². The van der Waals surface area contributed by atoms with E-state index in [1.807, 2.05) is 18.7 Å². The molecule has 0 aromatic carbocycles. The number of nitrogens with zero attached hydrogens (tertiary/aromatic N) is 1. The highest BCUT2D eigenvalue weighted by atomic mass is 16.5. The van der Waals surface area contributed by atoms with E-state index in [0.717, 1.165) is 12.8 Å². The lowest BCUT2D eigenvalue weighted by molar-refractivity contribution is -0.145. The Morgan fingerprint density at radius 1 is 0.955 bits per heavy atom. The van der Waals surface area contributed by atoms with Gasteiger partial charge < -0.3 is 9.64 Å². The third kappa shape index (κ3) is 11.6. The average molecular weight is 313 g/mol. The Morgan fingerprint density at radius 2 is 1.64 bits per heavy atom. The molecule has 0 aliphatic rings. The van der Waals surface area contributed by atoms with Crippen LogP contribution in [-0.2, 0) is 14.3 Å². The van der Waals surface area contributed by atoms with Crippen LogP contribution in [0.1, 0.15) is 73.1 Å². The molecule has 0 aromatic rings. The molecule has 0 rings (SSSR count). The fraction of sp³-hybridized carbons (Fsp3) is 0.889. The summed E-state index contributed by atoms with van der Waals surface area (Å²) in [6.45, 7) is 12.0. The Kier molecular flexibility index (Phi) is 11.9. The molecule has 0 spiro atoms. The molecule has 1 amide bonds. The van der Waals surface area contributed by atoms with Crippen LogP contribution in [0, 0.1) is 11.8 Å². The van der Waals surface area contributed by atoms with E-state index in [1.165, 1.54) is 12.8 Å². The highest BCUT2D eigenvalue weighted by Crippen LogP contribution is 2.08. The number of hydrogen-bond donors (Lipinski definition) is 0. The van der Waals surface area contributed by atoms with Crippen LogP contribution in [0.3, 0.4) is 0 Å². The van der Waals surface area contributed by atoms with Gasteiger partial charge in [0.2, 0.25) is 5.91 Å². The fourth-order valence-corrected chi connectivity index (χ4v) is 2.18. The minimum absolute atomic E-state index is 0.168. The second kappa shape index (κ2) is 12.5. The topological polar surface area (TPSA) is 46.6 Å². The van der Waals surface area contributed by atoms with Crippen molar-refractivity contribution in [3.05, 3.63) is 0 Å². The van der Waals surface area contributed by atoms with Crippen LogP contribution in [0.15, 0.2) is 0 Å². The normalized spacial score (nSPS) is 11.0. The molecule has 0 atom stereocenters. The minimum atomic E-state index is -0.207. The molecule has 0 unspecified atom stereocenters. The molecule has 0 radical (unpaired) electrons. The SMILES string of the molecule is CCCCCCC(=O)N(CCC(=O)OCC(C)C)CC(C)C. The highest BCUT2D eigenvalue weighted by molar-refractivity contribution is 5.77. The zero-order valence-corrected chi connectivity index (χ0v) is 15.2. The largest absolute Gasteiger partial charge is 0.465 e. The average Bonchev–Trinajstić information content (AvgIpc) is 2.45. The van der Waals surface area contributed by atoms with E-state index in [4.69, 9.17) is 4.74 Å². The molecule has 0 aromatic heterocycles. The number of unbranched alkanes of at least 4 members (excludes halogenated alkanes) is 3. The molecular weight excluding hydrogens is 278 g/mol. The zero-order valence-electron chi connectivity index (χ0n) is 15.2. The van der Waals surface area contributed by atoms with Crippen molar-refractivity contribution in [1.82, 2.24) is 4.90 Å². The van der Waals surface area contributed by atoms with E-state index in [-0.39, 0.29) is 11.9 Å². The van der Waals surface area contributed by atoms with Crippen LogP contribution >= 0.6 is 0 Å². The molecule has 4 heteroatoms. The molecule has 0 bridgehead atoms. The van der Waals surface area contributed by atoms with Gasteiger partial charge >= 0.3 is 5.97 Å². The molecule has 0 saturated heterocycles. The van der Waals surface area contributed by atoms with Gasteiger partial charge in [-0.3, -0.25) is 9.59 Å². The van der Waals surface area contributed by atoms with Crippen molar-refractivity contribution in [2.75, 3.05) is 19.7 Å². The third-order valence-corrected chi connectivity index (χ3v) is 3.35. The maximum Gasteiger partial charge on any atom is 0.307 e. The number of amides is 1. The van der Waals surface area contributed by atoms with Gasteiger partial charge in [0, 0.05) is 19.5 Å². The predicted octanol–water partition coefficient (Wildman–Crippen LogP) is 4.03. The standard InChI is InChI=1S/C18H35NO3/c1-6-7-8-9-10-17(20)19(13-15(2)3)12-11-18(21)22-14-16(4)5/h15-16H,6-14H2,1-5H3. The predicted molar refractivity (Wildman–Crippen MR) is 90.6 cm³/mol. The first-order chi connectivity index (χ1) is 10.4. The van der Waals surface area contributed by atoms with Crippen molar-refractivity contribution in [2.45, 2.75) is 73.1 Å². The van der Waals surface area contributed by atoms with Gasteiger partial charge in [0.25, 0.3) is 0 Å². The molecule has 130 valence electrons. The molecule has 0 saturated carbocycles. The maximum atomic E-state index is 12.3. The van der Waals surface area contributed by atoms with Crippen molar-refractivity contribution >= 4 is 11.9 Å². The summed E-state index contributed by atoms with van der Waals surface area (Å²) in [7, 11) is 0. The summed E-state index contributed by atoms with van der Waals surface area (Å²) in [5, 5.41) is 0. The second-order valence-corrected chi connectivity index (χ2v) is 6.87. The van der Waals surface area contributed by atoms with Crippen LogP contribution in [-0.4, -0.2) is 36.5 Å². The minimum Gasteiger partial charge on any atom is -0.465 e. The van der Waals surface area contributed by atoms with Crippen LogP contribution < -0.4 is 0 Å². The summed E-state index contributed by atoms with van der Waals surface area (Å²) in [6, 6.07) is 0. The third-order valence-electron chi connectivity index (χ3n) is 3.35. The summed E-state index contributed by atoms with van der Waals surface area (Å²) in [6.07, 6.45) is 5.28. The molecule has 0 heterocycles. The smallest absolute Gasteiger partial charge is 0.307 e. The van der Waals surface area contributed by atoms with E-state index in [1.54, 1.807) is 0 Å². The van der Waals surface area contributed by atoms with Gasteiger partial charge in [-0.1, -0.05) is 53.9 Å². The molecule has 4 nitrogen and oxygen atoms in total. The van der Waals surface area contributed by atoms with Crippen molar-refractivity contribution in [3.8, 4) is 0 Å². The lowest BCUT2D eigenvalue weighted by atomic mass is 10.1. The molecule has 22 heavy (non-hydrogen) atoms. The maximum absolute atomic E-state index is 12.3. The second-order valence-electron chi connectivity index (χ2n) is 6.87. The molecular formula is C18H35NO3. The highest BCUT2D eigenvalue weighted by Gasteiger charge is 2.16. The summed E-state index contributed by atoms with van der Waals surface area (Å²) in [4.78, 5) is 25.8. The molecule has 0 aliphatic carbocycles. The Hall–Kier alpha value is -1.06. The first-order valence-corrected chi connectivity index (χ1v) is 8.80. The van der Waals surface area contributed by atoms with E-state index in [0.29, 0.717) is 44.4 Å². The number of rotatable bonds is 12. The zero-order chi connectivity index (χ0) is 17.0. The van der Waals surface area contributed by atoms with Crippen molar-refractivity contribution in [2.24, 2.45) is 11.8 Å². The van der Waals surface area contributed by atoms with Gasteiger partial charge in [-0.25, -0.2) is 0 Å². The molecule has 0 fully saturated rings. The van der Waals surface area contributed by atoms with Crippen molar-refractivity contribution < 1.29 is 14.3 Å². The first-order valence-electron chi connectivity index (χ1n) is 8.80. The van der Waals surface area contributed by atoms with Gasteiger partial charge in [-0.2, -0.15) is 0 Å². The summed E-state index contributed by atoms with van der Waals surface area (Å²) in [5.74, 6) is 0.713. The van der Waals surface area contributed by atoms with Crippen LogP contribution in [0.2, 0.25) is 0 Å². The number of hydrogen-bond acceptors (Lipinski definition) is 3. The van der Waals surface area contributed by atoms with E-state index in [9.17, 15) is 9.59 Å². The van der Waals surface area contributed by atoms with E-state index < -0.39 is 0 Å². The summed E-state index contributed by atoms with van der Waals surface area (Å²) < 4.78 is 5.17. The van der Waals surface area contributed by atoms with Gasteiger partial charge in [0.1, 0.15) is 0 Å². The monoisotopic (exact) mass is 313 g/mol. The summed E-state index contributed by atoms with van der Waals surface area (Å²) >= 11 is 0. The quantitative estimate of drug-likeness (QED) is 0.404. The number of ether oxygens (including phenoxy) is 1. The lowest BCUT2D eigenvalue weighted by Crippen LogP contribution is -2.36. The first kappa shape index (κ1) is 20.9. The fourth-order valence-electron chi connectivity index (χ4n) is 2.18. The van der Waals surface area contributed by atoms with Gasteiger partial charge in [0.15, 0.2) is 0 Å². The van der Waals surface area contributed by atoms with Gasteiger partial charge in [-0.05, 0) is 18.3 Å². The van der Waals surface area contributed by atoms with Crippen molar-refractivity contribution in [3.63, 3.8) is 0 Å². The lowest BCUT2D eigenvalue weighted by Gasteiger charge is -2.24. The molecule has 0 aliphatic heterocycles. The number of carbonyl (C=O) groups excluding carboxylic acids is 2. The van der Waals surface area contributed by atoms with Crippen LogP contribution in [0.25, 0.3) is 0 Å². The summed E-state index contributed by atoms with van der Waals surface area (Å²) in [5.41, 5.74) is 0. The van der Waals surface area contributed by atoms with Gasteiger partial charge in [0.05, 0.1) is 13.0 Å². The van der Waals surface area contributed by atoms with Gasteiger partial charge in [-0.15, -0.1) is 0 Å².